The molecule has 0 bridgehead atoms. The summed E-state index contributed by atoms with van der Waals surface area (Å²) in [6.07, 6.45) is 0. The highest BCUT2D eigenvalue weighted by atomic mass is 32.2. The smallest absolute Gasteiger partial charge is 0.251 e. The average molecular weight is 442 g/mol. The number of nitrogens with one attached hydrogen (secondary N) is 2. The van der Waals surface area contributed by atoms with Crippen LogP contribution in [-0.2, 0) is 10.5 Å². The lowest BCUT2D eigenvalue weighted by atomic mass is 10.1. The van der Waals surface area contributed by atoms with Crippen molar-refractivity contribution in [1.29, 1.82) is 0 Å². The number of carbonyl (C=O) groups is 2. The molecule has 2 aromatic carbocycles. The summed E-state index contributed by atoms with van der Waals surface area (Å²) in [5.41, 5.74) is 4.22. The maximum atomic E-state index is 12.3. The van der Waals surface area contributed by atoms with Gasteiger partial charge in [-0.1, -0.05) is 30.0 Å². The molecule has 3 rings (SSSR count). The van der Waals surface area contributed by atoms with Crippen LogP contribution in [0, 0.1) is 13.8 Å². The molecule has 0 aliphatic rings. The van der Waals surface area contributed by atoms with Crippen LogP contribution in [0.3, 0.4) is 0 Å². The van der Waals surface area contributed by atoms with Gasteiger partial charge in [-0.15, -0.1) is 11.3 Å². The summed E-state index contributed by atoms with van der Waals surface area (Å²) in [6.45, 7) is 3.78. The Morgan fingerprint density at radius 1 is 1.13 bits per heavy atom. The van der Waals surface area contributed by atoms with Crippen LogP contribution in [0.1, 0.15) is 27.2 Å². The molecule has 0 saturated carbocycles. The quantitative estimate of drug-likeness (QED) is 0.506. The predicted octanol–water partition coefficient (Wildman–Crippen LogP) is 4.43. The fraction of sp³-hybridized carbons (Fsp3) is 0.227. The fourth-order valence-corrected chi connectivity index (χ4v) is 4.48. The van der Waals surface area contributed by atoms with Gasteiger partial charge in [0, 0.05) is 22.4 Å². The molecule has 1 heterocycles. The van der Waals surface area contributed by atoms with Gasteiger partial charge in [0.2, 0.25) is 5.91 Å². The van der Waals surface area contributed by atoms with Crippen molar-refractivity contribution in [3.63, 3.8) is 0 Å². The van der Waals surface area contributed by atoms with Crippen molar-refractivity contribution >= 4 is 40.6 Å². The molecule has 2 amide bonds. The van der Waals surface area contributed by atoms with Gasteiger partial charge in [0.05, 0.1) is 19.3 Å². The number of hydrogen-bond donors (Lipinski definition) is 2. The number of hydrogen-bond acceptors (Lipinski definition) is 6. The zero-order valence-electron chi connectivity index (χ0n) is 17.0. The second kappa shape index (κ2) is 10.3. The number of anilines is 1. The Morgan fingerprint density at radius 2 is 1.90 bits per heavy atom. The first-order valence-corrected chi connectivity index (χ1v) is 11.2. The number of aromatic nitrogens is 1. The van der Waals surface area contributed by atoms with Gasteiger partial charge in [-0.2, -0.15) is 0 Å². The molecule has 0 aliphatic heterocycles. The van der Waals surface area contributed by atoms with E-state index in [1.165, 1.54) is 0 Å². The summed E-state index contributed by atoms with van der Waals surface area (Å²) >= 11 is 3.30. The highest BCUT2D eigenvalue weighted by Crippen LogP contribution is 2.26. The van der Waals surface area contributed by atoms with Crippen molar-refractivity contribution in [1.82, 2.24) is 10.3 Å². The van der Waals surface area contributed by atoms with Gasteiger partial charge in [0.15, 0.2) is 0 Å². The van der Waals surface area contributed by atoms with E-state index in [2.05, 4.69) is 15.6 Å². The minimum absolute atomic E-state index is 0.128. The third-order valence-corrected chi connectivity index (χ3v) is 6.42. The third kappa shape index (κ3) is 6.08. The van der Waals surface area contributed by atoms with Gasteiger partial charge < -0.3 is 15.4 Å². The number of amides is 2. The van der Waals surface area contributed by atoms with Crippen LogP contribution in [0.2, 0.25) is 0 Å². The molecule has 1 aromatic heterocycles. The first-order chi connectivity index (χ1) is 14.4. The number of thiazole rings is 1. The molecule has 156 valence electrons. The zero-order valence-corrected chi connectivity index (χ0v) is 18.7. The molecule has 2 N–H and O–H groups in total. The fourth-order valence-electron chi connectivity index (χ4n) is 2.67. The largest absolute Gasteiger partial charge is 0.495 e. The topological polar surface area (TPSA) is 80.3 Å². The molecule has 0 aliphatic carbocycles. The molecule has 0 atom stereocenters. The van der Waals surface area contributed by atoms with Gasteiger partial charge in [0.25, 0.3) is 5.91 Å². The lowest BCUT2D eigenvalue weighted by Crippen LogP contribution is -2.32. The summed E-state index contributed by atoms with van der Waals surface area (Å²) < 4.78 is 6.28. The first-order valence-electron chi connectivity index (χ1n) is 9.31. The number of carbonyl (C=O) groups excluding carboxylic acids is 2. The molecule has 8 heteroatoms. The molecule has 0 fully saturated rings. The second-order valence-corrected chi connectivity index (χ2v) is 8.76. The average Bonchev–Trinajstić information content (AvgIpc) is 3.16. The molecule has 3 aromatic rings. The van der Waals surface area contributed by atoms with E-state index in [4.69, 9.17) is 4.74 Å². The Kier molecular flexibility index (Phi) is 7.48. The van der Waals surface area contributed by atoms with Crippen LogP contribution in [0.5, 0.6) is 5.75 Å². The van der Waals surface area contributed by atoms with E-state index in [-0.39, 0.29) is 18.4 Å². The van der Waals surface area contributed by atoms with Crippen LogP contribution in [0.4, 0.5) is 5.69 Å². The van der Waals surface area contributed by atoms with E-state index in [0.29, 0.717) is 17.0 Å². The summed E-state index contributed by atoms with van der Waals surface area (Å²) in [7, 11) is 1.54. The summed E-state index contributed by atoms with van der Waals surface area (Å²) in [4.78, 5) is 29.0. The van der Waals surface area contributed by atoms with Crippen LogP contribution in [-0.4, -0.2) is 30.5 Å². The molecule has 30 heavy (non-hydrogen) atoms. The van der Waals surface area contributed by atoms with E-state index in [1.807, 2.05) is 43.5 Å². The lowest BCUT2D eigenvalue weighted by Gasteiger charge is -2.11. The van der Waals surface area contributed by atoms with Crippen LogP contribution >= 0.6 is 23.1 Å². The first kappa shape index (κ1) is 21.9. The number of benzene rings is 2. The number of thioether (sulfide) groups is 1. The van der Waals surface area contributed by atoms with Crippen LogP contribution in [0.25, 0.3) is 0 Å². The Morgan fingerprint density at radius 3 is 2.57 bits per heavy atom. The highest BCUT2D eigenvalue weighted by Gasteiger charge is 2.11. The summed E-state index contributed by atoms with van der Waals surface area (Å²) in [5, 5.41) is 7.44. The van der Waals surface area contributed by atoms with E-state index in [9.17, 15) is 9.59 Å². The minimum atomic E-state index is -0.320. The van der Waals surface area contributed by atoms with Gasteiger partial charge in [0.1, 0.15) is 10.1 Å². The summed E-state index contributed by atoms with van der Waals surface area (Å²) in [5.74, 6) is 0.743. The van der Waals surface area contributed by atoms with Gasteiger partial charge in [-0.05, 0) is 49.2 Å². The van der Waals surface area contributed by atoms with Crippen molar-refractivity contribution < 1.29 is 14.3 Å². The number of methoxy groups -OCH3 is 1. The molecule has 6 nitrogen and oxygen atoms in total. The maximum absolute atomic E-state index is 12.3. The summed E-state index contributed by atoms with van der Waals surface area (Å²) in [6, 6.07) is 12.9. The Bertz CT molecular complexity index is 1030. The number of aryl methyl sites for hydroxylation is 2. The Hall–Kier alpha value is -2.84. The molecule has 0 radical (unpaired) electrons. The van der Waals surface area contributed by atoms with Crippen molar-refractivity contribution in [3.8, 4) is 5.75 Å². The Labute approximate surface area is 184 Å². The molecule has 0 spiro atoms. The predicted molar refractivity (Wildman–Crippen MR) is 122 cm³/mol. The standard InChI is InChI=1S/C22H23N3O3S2/c1-14-4-9-19(28-3)18(10-14)25-20(26)11-23-21(27)17-7-5-16(6-8-17)13-30-22-24-15(2)12-29-22/h4-10,12H,11,13H2,1-3H3,(H,23,27)(H,25,26). The number of rotatable bonds is 8. The van der Waals surface area contributed by atoms with Crippen molar-refractivity contribution in [3.05, 3.63) is 70.2 Å². The molecular weight excluding hydrogens is 418 g/mol. The lowest BCUT2D eigenvalue weighted by molar-refractivity contribution is -0.115. The van der Waals surface area contributed by atoms with Gasteiger partial charge in [-0.3, -0.25) is 9.59 Å². The third-order valence-electron chi connectivity index (χ3n) is 4.21. The number of nitrogens with zero attached hydrogens (tertiary/aromatic N) is 1. The van der Waals surface area contributed by atoms with E-state index < -0.39 is 0 Å². The van der Waals surface area contributed by atoms with Crippen molar-refractivity contribution in [2.45, 2.75) is 23.9 Å². The number of ether oxygens (including phenoxy) is 1. The van der Waals surface area contributed by atoms with Crippen molar-refractivity contribution in [2.75, 3.05) is 19.0 Å². The molecule has 0 saturated heterocycles. The van der Waals surface area contributed by atoms with Gasteiger partial charge >= 0.3 is 0 Å². The van der Waals surface area contributed by atoms with Crippen molar-refractivity contribution in [2.24, 2.45) is 0 Å². The van der Waals surface area contributed by atoms with E-state index in [0.717, 1.165) is 26.9 Å². The van der Waals surface area contributed by atoms with E-state index >= 15 is 0 Å². The SMILES string of the molecule is COc1ccc(C)cc1NC(=O)CNC(=O)c1ccc(CSc2nc(C)cs2)cc1. The molecule has 0 unspecified atom stereocenters. The van der Waals surface area contributed by atoms with Gasteiger partial charge in [-0.25, -0.2) is 4.98 Å². The Balaban J connectivity index is 1.49. The highest BCUT2D eigenvalue weighted by molar-refractivity contribution is 8.00. The van der Waals surface area contributed by atoms with Crippen LogP contribution in [0.15, 0.2) is 52.2 Å². The molecular formula is C22H23N3O3S2. The second-order valence-electron chi connectivity index (χ2n) is 6.67. The maximum Gasteiger partial charge on any atom is 0.251 e. The minimum Gasteiger partial charge on any atom is -0.495 e. The monoisotopic (exact) mass is 441 g/mol. The van der Waals surface area contributed by atoms with Crippen LogP contribution < -0.4 is 15.4 Å². The van der Waals surface area contributed by atoms with E-state index in [1.54, 1.807) is 48.4 Å². The zero-order chi connectivity index (χ0) is 21.5. The normalized spacial score (nSPS) is 10.5.